The van der Waals surface area contributed by atoms with Gasteiger partial charge in [0, 0.05) is 10.4 Å². The van der Waals surface area contributed by atoms with Crippen molar-refractivity contribution in [3.8, 4) is 11.1 Å². The lowest BCUT2D eigenvalue weighted by Gasteiger charge is -2.06. The largest absolute Gasteiger partial charge is 0.465 e. The minimum Gasteiger partial charge on any atom is -0.465 e. The minimum absolute atomic E-state index is 0.187. The van der Waals surface area contributed by atoms with Crippen LogP contribution in [0.15, 0.2) is 35.4 Å². The number of hydrogen-bond acceptors (Lipinski definition) is 5. The predicted octanol–water partition coefficient (Wildman–Crippen LogP) is 3.14. The Kier molecular flexibility index (Phi) is 4.44. The molecule has 0 aliphatic heterocycles. The van der Waals surface area contributed by atoms with E-state index in [0.29, 0.717) is 10.2 Å². The molecule has 2 aromatic heterocycles. The fraction of sp³-hybridized carbons (Fsp3) is 0.235. The summed E-state index contributed by atoms with van der Waals surface area (Å²) >= 11 is 1.40. The Hall–Kier alpha value is -2.54. The lowest BCUT2D eigenvalue weighted by molar-refractivity contribution is -0.143. The van der Waals surface area contributed by atoms with Gasteiger partial charge in [0.2, 0.25) is 0 Å². The van der Waals surface area contributed by atoms with Crippen LogP contribution in [0.4, 0.5) is 4.39 Å². The molecule has 0 unspecified atom stereocenters. The van der Waals surface area contributed by atoms with Crippen molar-refractivity contribution < 1.29 is 13.9 Å². The van der Waals surface area contributed by atoms with Gasteiger partial charge in [0.05, 0.1) is 18.3 Å². The van der Waals surface area contributed by atoms with Crippen molar-refractivity contribution in [3.63, 3.8) is 0 Å². The van der Waals surface area contributed by atoms with Crippen molar-refractivity contribution in [3.05, 3.63) is 51.6 Å². The number of nitrogens with zero attached hydrogens (tertiary/aromatic N) is 2. The minimum atomic E-state index is -0.490. The number of thiophene rings is 1. The van der Waals surface area contributed by atoms with Crippen molar-refractivity contribution in [1.29, 1.82) is 0 Å². The monoisotopic (exact) mass is 346 g/mol. The molecular formula is C17H15FN2O3S. The Morgan fingerprint density at radius 2 is 2.04 bits per heavy atom. The molecule has 0 N–H and O–H groups in total. The third-order valence-electron chi connectivity index (χ3n) is 3.59. The van der Waals surface area contributed by atoms with Gasteiger partial charge in [0.25, 0.3) is 5.56 Å². The molecule has 0 spiro atoms. The highest BCUT2D eigenvalue weighted by Gasteiger charge is 2.18. The number of carbonyl (C=O) groups is 1. The van der Waals surface area contributed by atoms with Gasteiger partial charge in [-0.3, -0.25) is 14.2 Å². The zero-order valence-electron chi connectivity index (χ0n) is 13.2. The summed E-state index contributed by atoms with van der Waals surface area (Å²) in [6.07, 6.45) is 1.35. The molecule has 0 amide bonds. The van der Waals surface area contributed by atoms with Crippen molar-refractivity contribution >= 4 is 27.5 Å². The fourth-order valence-electron chi connectivity index (χ4n) is 2.56. The SMILES string of the molecule is CCOC(=O)Cn1cnc2sc(C)c(-c3ccc(F)cc3)c2c1=O. The Morgan fingerprint density at radius 1 is 1.33 bits per heavy atom. The third-order valence-corrected chi connectivity index (χ3v) is 4.61. The average Bonchev–Trinajstić information content (AvgIpc) is 2.88. The van der Waals surface area contributed by atoms with E-state index in [2.05, 4.69) is 4.98 Å². The number of esters is 1. The average molecular weight is 346 g/mol. The van der Waals surface area contributed by atoms with Crippen LogP contribution in [0.5, 0.6) is 0 Å². The van der Waals surface area contributed by atoms with E-state index in [1.807, 2.05) is 6.92 Å². The summed E-state index contributed by atoms with van der Waals surface area (Å²) in [6, 6.07) is 5.97. The van der Waals surface area contributed by atoms with Gasteiger partial charge in [-0.1, -0.05) is 12.1 Å². The van der Waals surface area contributed by atoms with Crippen LogP contribution in [-0.2, 0) is 16.1 Å². The summed E-state index contributed by atoms with van der Waals surface area (Å²) < 4.78 is 19.3. The molecule has 0 fully saturated rings. The number of aromatic nitrogens is 2. The van der Waals surface area contributed by atoms with Crippen LogP contribution in [-0.4, -0.2) is 22.1 Å². The van der Waals surface area contributed by atoms with Crippen LogP contribution in [0.25, 0.3) is 21.3 Å². The van der Waals surface area contributed by atoms with Crippen molar-refractivity contribution in [2.24, 2.45) is 0 Å². The van der Waals surface area contributed by atoms with Crippen LogP contribution >= 0.6 is 11.3 Å². The maximum Gasteiger partial charge on any atom is 0.326 e. The quantitative estimate of drug-likeness (QED) is 0.681. The van der Waals surface area contributed by atoms with E-state index < -0.39 is 5.97 Å². The van der Waals surface area contributed by atoms with Gasteiger partial charge in [0.1, 0.15) is 17.2 Å². The van der Waals surface area contributed by atoms with Crippen LogP contribution in [0.2, 0.25) is 0 Å². The summed E-state index contributed by atoms with van der Waals surface area (Å²) in [5.41, 5.74) is 1.16. The molecule has 0 saturated heterocycles. The van der Waals surface area contributed by atoms with Crippen LogP contribution in [0, 0.1) is 12.7 Å². The number of aryl methyl sites for hydroxylation is 1. The highest BCUT2D eigenvalue weighted by Crippen LogP contribution is 2.35. The molecule has 0 aliphatic carbocycles. The first-order valence-corrected chi connectivity index (χ1v) is 8.23. The van der Waals surface area contributed by atoms with Gasteiger partial charge in [0.15, 0.2) is 0 Å². The molecule has 0 bridgehead atoms. The van der Waals surface area contributed by atoms with Crippen molar-refractivity contribution in [1.82, 2.24) is 9.55 Å². The Morgan fingerprint density at radius 3 is 2.71 bits per heavy atom. The second-order valence-corrected chi connectivity index (χ2v) is 6.41. The van der Waals surface area contributed by atoms with E-state index in [1.54, 1.807) is 19.1 Å². The molecule has 0 aliphatic rings. The summed E-state index contributed by atoms with van der Waals surface area (Å²) in [6.45, 7) is 3.66. The zero-order valence-corrected chi connectivity index (χ0v) is 14.0. The second kappa shape index (κ2) is 6.52. The number of carbonyl (C=O) groups excluding carboxylic acids is 1. The van der Waals surface area contributed by atoms with Crippen molar-refractivity contribution in [2.45, 2.75) is 20.4 Å². The summed E-state index contributed by atoms with van der Waals surface area (Å²) in [7, 11) is 0. The van der Waals surface area contributed by atoms with Gasteiger partial charge in [-0.2, -0.15) is 0 Å². The van der Waals surface area contributed by atoms with E-state index in [1.165, 1.54) is 34.4 Å². The molecule has 3 rings (SSSR count). The Bertz CT molecular complexity index is 960. The van der Waals surface area contributed by atoms with Gasteiger partial charge in [-0.15, -0.1) is 11.3 Å². The molecule has 0 radical (unpaired) electrons. The predicted molar refractivity (Wildman–Crippen MR) is 90.6 cm³/mol. The summed E-state index contributed by atoms with van der Waals surface area (Å²) in [5, 5.41) is 0.441. The number of rotatable bonds is 4. The highest BCUT2D eigenvalue weighted by atomic mass is 32.1. The second-order valence-electron chi connectivity index (χ2n) is 5.20. The molecule has 5 nitrogen and oxygen atoms in total. The lowest BCUT2D eigenvalue weighted by atomic mass is 10.0. The van der Waals surface area contributed by atoms with Crippen LogP contribution in [0.3, 0.4) is 0 Å². The Balaban J connectivity index is 2.16. The maximum atomic E-state index is 13.2. The van der Waals surface area contributed by atoms with Gasteiger partial charge >= 0.3 is 5.97 Å². The van der Waals surface area contributed by atoms with Gasteiger partial charge in [-0.05, 0) is 31.5 Å². The molecule has 3 aromatic rings. The summed E-state index contributed by atoms with van der Waals surface area (Å²) in [4.78, 5) is 30.2. The number of ether oxygens (including phenoxy) is 1. The molecule has 1 aromatic carbocycles. The molecule has 0 saturated carbocycles. The molecular weight excluding hydrogens is 331 g/mol. The van der Waals surface area contributed by atoms with E-state index in [9.17, 15) is 14.0 Å². The summed E-state index contributed by atoms with van der Waals surface area (Å²) in [5.74, 6) is -0.829. The van der Waals surface area contributed by atoms with Gasteiger partial charge < -0.3 is 4.74 Å². The van der Waals surface area contributed by atoms with Crippen LogP contribution < -0.4 is 5.56 Å². The van der Waals surface area contributed by atoms with E-state index in [-0.39, 0.29) is 24.5 Å². The fourth-order valence-corrected chi connectivity index (χ4v) is 3.56. The van der Waals surface area contributed by atoms with E-state index in [4.69, 9.17) is 4.74 Å². The first-order valence-electron chi connectivity index (χ1n) is 7.41. The lowest BCUT2D eigenvalue weighted by Crippen LogP contribution is -2.25. The number of benzene rings is 1. The van der Waals surface area contributed by atoms with Crippen LogP contribution in [0.1, 0.15) is 11.8 Å². The first-order chi connectivity index (χ1) is 11.5. The zero-order chi connectivity index (χ0) is 17.3. The maximum absolute atomic E-state index is 13.2. The molecule has 124 valence electrons. The molecule has 7 heteroatoms. The van der Waals surface area contributed by atoms with Gasteiger partial charge in [-0.25, -0.2) is 9.37 Å². The third kappa shape index (κ3) is 2.94. The Labute approximate surface area is 141 Å². The normalized spacial score (nSPS) is 11.0. The molecule has 0 atom stereocenters. The van der Waals surface area contributed by atoms with Crippen molar-refractivity contribution in [2.75, 3.05) is 6.61 Å². The smallest absolute Gasteiger partial charge is 0.326 e. The van der Waals surface area contributed by atoms with E-state index in [0.717, 1.165) is 16.0 Å². The topological polar surface area (TPSA) is 61.2 Å². The highest BCUT2D eigenvalue weighted by molar-refractivity contribution is 7.19. The first kappa shape index (κ1) is 16.3. The number of fused-ring (bicyclic) bond motifs is 1. The number of hydrogen-bond donors (Lipinski definition) is 0. The molecule has 2 heterocycles. The van der Waals surface area contributed by atoms with E-state index >= 15 is 0 Å². The standard InChI is InChI=1S/C17H15FN2O3S/c1-3-23-13(21)8-20-9-19-16-15(17(20)22)14(10(2)24-16)11-4-6-12(18)7-5-11/h4-7,9H,3,8H2,1-2H3. The number of halogens is 1. The molecule has 24 heavy (non-hydrogen) atoms.